The molecule has 0 aliphatic carbocycles. The second-order valence-electron chi connectivity index (χ2n) is 8.76. The van der Waals surface area contributed by atoms with Crippen molar-refractivity contribution in [3.8, 4) is 5.75 Å². The van der Waals surface area contributed by atoms with E-state index in [1.807, 2.05) is 30.3 Å². The van der Waals surface area contributed by atoms with Gasteiger partial charge in [-0.1, -0.05) is 72.8 Å². The van der Waals surface area contributed by atoms with Crippen molar-refractivity contribution >= 4 is 10.8 Å². The van der Waals surface area contributed by atoms with Crippen LogP contribution in [0.1, 0.15) is 34.2 Å². The van der Waals surface area contributed by atoms with Gasteiger partial charge in [-0.05, 0) is 83.9 Å². The second kappa shape index (κ2) is 11.7. The van der Waals surface area contributed by atoms with Crippen LogP contribution < -0.4 is 4.74 Å². The molecule has 0 unspecified atom stereocenters. The number of hydrogen-bond acceptors (Lipinski definition) is 1. The molecule has 4 heteroatoms. The van der Waals surface area contributed by atoms with Crippen LogP contribution in [0.15, 0.2) is 91.5 Å². The van der Waals surface area contributed by atoms with Crippen molar-refractivity contribution in [2.24, 2.45) is 0 Å². The molecule has 0 aliphatic rings. The zero-order valence-corrected chi connectivity index (χ0v) is 19.7. The molecule has 4 aromatic rings. The molecular formula is C31H29F3O. The number of benzene rings is 4. The predicted molar refractivity (Wildman–Crippen MR) is 137 cm³/mol. The first-order valence-electron chi connectivity index (χ1n) is 11.9. The number of aryl methyl sites for hydroxylation is 5. The average Bonchev–Trinajstić information content (AvgIpc) is 2.87. The highest BCUT2D eigenvalue weighted by atomic mass is 19.3. The number of rotatable bonds is 11. The second-order valence-corrected chi connectivity index (χ2v) is 8.76. The molecule has 180 valence electrons. The zero-order chi connectivity index (χ0) is 24.6. The highest BCUT2D eigenvalue weighted by molar-refractivity contribution is 5.84. The van der Waals surface area contributed by atoms with Crippen LogP contribution in [0.3, 0.4) is 0 Å². The van der Waals surface area contributed by atoms with Crippen LogP contribution in [0.4, 0.5) is 13.2 Å². The number of alkyl halides is 2. The van der Waals surface area contributed by atoms with Gasteiger partial charge in [0.05, 0.1) is 0 Å². The van der Waals surface area contributed by atoms with Crippen LogP contribution in [-0.2, 0) is 32.1 Å². The maximum Gasteiger partial charge on any atom is 0.387 e. The molecule has 0 heterocycles. The van der Waals surface area contributed by atoms with E-state index >= 15 is 4.39 Å². The molecular weight excluding hydrogens is 445 g/mol. The quantitative estimate of drug-likeness (QED) is 0.199. The summed E-state index contributed by atoms with van der Waals surface area (Å²) in [6.07, 6.45) is 6.93. The molecule has 0 atom stereocenters. The largest absolute Gasteiger partial charge is 0.435 e. The Morgan fingerprint density at radius 1 is 0.686 bits per heavy atom. The fourth-order valence-corrected chi connectivity index (χ4v) is 4.28. The smallest absolute Gasteiger partial charge is 0.387 e. The molecule has 35 heavy (non-hydrogen) atoms. The molecule has 1 nitrogen and oxygen atoms in total. The van der Waals surface area contributed by atoms with Crippen molar-refractivity contribution in [3.05, 3.63) is 125 Å². The number of fused-ring (bicyclic) bond motifs is 1. The zero-order valence-electron chi connectivity index (χ0n) is 19.7. The lowest BCUT2D eigenvalue weighted by molar-refractivity contribution is -0.0498. The molecule has 0 spiro atoms. The fraction of sp³-hybridized carbons (Fsp3) is 0.226. The average molecular weight is 475 g/mol. The maximum absolute atomic E-state index is 15.2. The van der Waals surface area contributed by atoms with E-state index in [1.54, 1.807) is 12.1 Å². The van der Waals surface area contributed by atoms with Gasteiger partial charge in [-0.15, -0.1) is 6.58 Å². The molecule has 0 bridgehead atoms. The molecule has 0 fully saturated rings. The number of allylic oxidation sites excluding steroid dienone is 1. The van der Waals surface area contributed by atoms with Gasteiger partial charge in [0, 0.05) is 5.39 Å². The Hall–Kier alpha value is -3.53. The first kappa shape index (κ1) is 24.6. The third-order valence-corrected chi connectivity index (χ3v) is 6.29. The summed E-state index contributed by atoms with van der Waals surface area (Å²) in [5, 5.41) is 1.52. The summed E-state index contributed by atoms with van der Waals surface area (Å²) in [6, 6.07) is 25.0. The van der Waals surface area contributed by atoms with Crippen LogP contribution in [0.25, 0.3) is 10.8 Å². The van der Waals surface area contributed by atoms with E-state index in [4.69, 9.17) is 0 Å². The summed E-state index contributed by atoms with van der Waals surface area (Å²) in [5.74, 6) is -0.0706. The molecule has 0 amide bonds. The van der Waals surface area contributed by atoms with Crippen molar-refractivity contribution < 1.29 is 17.9 Å². The molecule has 0 aromatic heterocycles. The van der Waals surface area contributed by atoms with Gasteiger partial charge in [0.2, 0.25) is 0 Å². The minimum Gasteiger partial charge on any atom is -0.435 e. The molecule has 0 saturated heterocycles. The lowest BCUT2D eigenvalue weighted by atomic mass is 9.97. The Balaban J connectivity index is 1.37. The third kappa shape index (κ3) is 6.75. The molecule has 0 saturated carbocycles. The van der Waals surface area contributed by atoms with Crippen molar-refractivity contribution in [2.75, 3.05) is 0 Å². The van der Waals surface area contributed by atoms with Crippen LogP contribution in [0.5, 0.6) is 5.75 Å². The lowest BCUT2D eigenvalue weighted by Gasteiger charge is -2.10. The fourth-order valence-electron chi connectivity index (χ4n) is 4.28. The summed E-state index contributed by atoms with van der Waals surface area (Å²) < 4.78 is 44.1. The van der Waals surface area contributed by atoms with E-state index < -0.39 is 6.61 Å². The summed E-state index contributed by atoms with van der Waals surface area (Å²) in [5.41, 5.74) is 5.39. The normalized spacial score (nSPS) is 11.2. The summed E-state index contributed by atoms with van der Waals surface area (Å²) in [4.78, 5) is 0. The lowest BCUT2D eigenvalue weighted by Crippen LogP contribution is -2.02. The van der Waals surface area contributed by atoms with E-state index in [0.717, 1.165) is 36.6 Å². The predicted octanol–water partition coefficient (Wildman–Crippen LogP) is 8.27. The van der Waals surface area contributed by atoms with Crippen LogP contribution in [0.2, 0.25) is 0 Å². The van der Waals surface area contributed by atoms with Crippen molar-refractivity contribution in [2.45, 2.75) is 45.1 Å². The monoisotopic (exact) mass is 474 g/mol. The van der Waals surface area contributed by atoms with Crippen molar-refractivity contribution in [3.63, 3.8) is 0 Å². The molecule has 4 rings (SSSR count). The van der Waals surface area contributed by atoms with Gasteiger partial charge in [0.25, 0.3) is 0 Å². The van der Waals surface area contributed by atoms with Gasteiger partial charge in [-0.3, -0.25) is 0 Å². The van der Waals surface area contributed by atoms with Crippen LogP contribution >= 0.6 is 0 Å². The highest BCUT2D eigenvalue weighted by Crippen LogP contribution is 2.25. The van der Waals surface area contributed by atoms with Gasteiger partial charge in [-0.25, -0.2) is 4.39 Å². The number of hydrogen-bond donors (Lipinski definition) is 0. The number of halogens is 3. The Labute approximate surface area is 204 Å². The van der Waals surface area contributed by atoms with E-state index in [9.17, 15) is 8.78 Å². The number of ether oxygens (including phenoxy) is 1. The molecule has 4 aromatic carbocycles. The van der Waals surface area contributed by atoms with Crippen molar-refractivity contribution in [1.29, 1.82) is 0 Å². The molecule has 0 aliphatic heterocycles. The topological polar surface area (TPSA) is 9.23 Å². The standard InChI is InChI=1S/C31H29F3O/c1-2-3-4-22-5-7-23(8-6-22)9-10-25-14-20-29-27(21-25)17-16-26(30(29)32)15-11-24-12-18-28(19-13-24)35-31(33)34/h2,5-8,12-14,16-21,31H,1,3-4,9-11,15H2. The van der Waals surface area contributed by atoms with Gasteiger partial charge >= 0.3 is 6.61 Å². The summed E-state index contributed by atoms with van der Waals surface area (Å²) >= 11 is 0. The van der Waals surface area contributed by atoms with Gasteiger partial charge in [-0.2, -0.15) is 8.78 Å². The first-order chi connectivity index (χ1) is 17.0. The van der Waals surface area contributed by atoms with E-state index in [1.165, 1.54) is 28.8 Å². The minimum atomic E-state index is -2.84. The summed E-state index contributed by atoms with van der Waals surface area (Å²) in [6.45, 7) is 0.932. The Kier molecular flexibility index (Phi) is 8.25. The Morgan fingerprint density at radius 3 is 1.91 bits per heavy atom. The molecule has 0 N–H and O–H groups in total. The maximum atomic E-state index is 15.2. The van der Waals surface area contributed by atoms with E-state index in [0.29, 0.717) is 23.8 Å². The Bertz CT molecular complexity index is 1260. The van der Waals surface area contributed by atoms with Crippen LogP contribution in [0, 0.1) is 5.82 Å². The molecule has 0 radical (unpaired) electrons. The van der Waals surface area contributed by atoms with Gasteiger partial charge in [0.15, 0.2) is 0 Å². The van der Waals surface area contributed by atoms with Crippen LogP contribution in [-0.4, -0.2) is 6.61 Å². The van der Waals surface area contributed by atoms with E-state index in [2.05, 4.69) is 41.6 Å². The first-order valence-corrected chi connectivity index (χ1v) is 11.9. The van der Waals surface area contributed by atoms with Gasteiger partial charge < -0.3 is 4.74 Å². The third-order valence-electron chi connectivity index (χ3n) is 6.29. The highest BCUT2D eigenvalue weighted by Gasteiger charge is 2.09. The van der Waals surface area contributed by atoms with E-state index in [-0.39, 0.29) is 11.6 Å². The SMILES string of the molecule is C=CCCc1ccc(CCc2ccc3c(F)c(CCc4ccc(OC(F)F)cc4)ccc3c2)cc1. The minimum absolute atomic E-state index is 0.122. The Morgan fingerprint density at radius 2 is 1.26 bits per heavy atom. The van der Waals surface area contributed by atoms with Gasteiger partial charge in [0.1, 0.15) is 11.6 Å². The van der Waals surface area contributed by atoms with Crippen molar-refractivity contribution in [1.82, 2.24) is 0 Å². The summed E-state index contributed by atoms with van der Waals surface area (Å²) in [7, 11) is 0.